The van der Waals surface area contributed by atoms with Crippen molar-refractivity contribution in [1.29, 1.82) is 0 Å². The Bertz CT molecular complexity index is 756. The van der Waals surface area contributed by atoms with Gasteiger partial charge in [0, 0.05) is 30.2 Å². The third kappa shape index (κ3) is 3.09. The average Bonchev–Trinajstić information content (AvgIpc) is 3.29. The zero-order chi connectivity index (χ0) is 16.4. The molecule has 0 saturated heterocycles. The summed E-state index contributed by atoms with van der Waals surface area (Å²) in [5.41, 5.74) is 3.82. The lowest BCUT2D eigenvalue weighted by Crippen LogP contribution is -2.27. The normalized spacial score (nSPS) is 18.2. The molecule has 24 heavy (non-hydrogen) atoms. The fourth-order valence-electron chi connectivity index (χ4n) is 3.59. The zero-order valence-corrected chi connectivity index (χ0v) is 13.9. The summed E-state index contributed by atoms with van der Waals surface area (Å²) in [6, 6.07) is 4.04. The van der Waals surface area contributed by atoms with Gasteiger partial charge in [-0.3, -0.25) is 10.1 Å². The first-order valence-corrected chi connectivity index (χ1v) is 8.62. The largest absolute Gasteiger partial charge is 0.370 e. The van der Waals surface area contributed by atoms with Gasteiger partial charge in [0.25, 0.3) is 0 Å². The molecule has 2 aromatic rings. The van der Waals surface area contributed by atoms with E-state index >= 15 is 0 Å². The minimum absolute atomic E-state index is 0.689. The minimum Gasteiger partial charge on any atom is -0.370 e. The average molecular weight is 322 g/mol. The molecule has 124 valence electrons. The van der Waals surface area contributed by atoms with E-state index in [0.717, 1.165) is 41.7 Å². The molecule has 2 aromatic heterocycles. The smallest absolute Gasteiger partial charge is 0.174 e. The zero-order valence-electron chi connectivity index (χ0n) is 13.9. The van der Waals surface area contributed by atoms with Crippen molar-refractivity contribution < 1.29 is 0 Å². The molecule has 0 radical (unpaired) electrons. The van der Waals surface area contributed by atoms with Gasteiger partial charge in [0.05, 0.1) is 12.2 Å². The highest BCUT2D eigenvalue weighted by Gasteiger charge is 2.19. The van der Waals surface area contributed by atoms with Crippen LogP contribution in [0.4, 0.5) is 0 Å². The van der Waals surface area contributed by atoms with Crippen LogP contribution in [0.3, 0.4) is 0 Å². The lowest BCUT2D eigenvalue weighted by molar-refractivity contribution is 0.341. The van der Waals surface area contributed by atoms with Crippen molar-refractivity contribution in [2.45, 2.75) is 32.6 Å². The summed E-state index contributed by atoms with van der Waals surface area (Å²) in [6.07, 6.45) is 11.2. The molecule has 2 aliphatic rings. The summed E-state index contributed by atoms with van der Waals surface area (Å²) in [4.78, 5) is 15.8. The van der Waals surface area contributed by atoms with Gasteiger partial charge in [-0.05, 0) is 37.8 Å². The van der Waals surface area contributed by atoms with Crippen molar-refractivity contribution in [1.82, 2.24) is 25.1 Å². The number of rotatable bonds is 4. The third-order valence-electron chi connectivity index (χ3n) is 4.84. The Labute approximate surface area is 141 Å². The Morgan fingerprint density at radius 3 is 2.88 bits per heavy atom. The second-order valence-electron chi connectivity index (χ2n) is 6.59. The molecule has 1 fully saturated rings. The van der Waals surface area contributed by atoms with E-state index in [9.17, 15) is 0 Å². The van der Waals surface area contributed by atoms with Crippen LogP contribution in [0, 0.1) is 12.8 Å². The van der Waals surface area contributed by atoms with E-state index in [1.165, 1.54) is 32.0 Å². The monoisotopic (exact) mass is 322 g/mol. The van der Waals surface area contributed by atoms with E-state index in [2.05, 4.69) is 42.3 Å². The van der Waals surface area contributed by atoms with Gasteiger partial charge >= 0.3 is 0 Å². The highest BCUT2D eigenvalue weighted by atomic mass is 15.2. The second-order valence-corrected chi connectivity index (χ2v) is 6.59. The van der Waals surface area contributed by atoms with E-state index in [1.807, 2.05) is 19.2 Å². The molecular formula is C18H22N6. The number of hydrogen-bond acceptors (Lipinski definition) is 5. The van der Waals surface area contributed by atoms with Crippen LogP contribution < -0.4 is 0 Å². The van der Waals surface area contributed by atoms with Crippen molar-refractivity contribution in [2.24, 2.45) is 10.9 Å². The summed E-state index contributed by atoms with van der Waals surface area (Å²) in [6.45, 7) is 4.06. The number of aliphatic imine (C=N–C) groups is 1. The van der Waals surface area contributed by atoms with Gasteiger partial charge < -0.3 is 4.90 Å². The molecule has 0 atom stereocenters. The number of pyridine rings is 1. The fourth-order valence-corrected chi connectivity index (χ4v) is 3.59. The molecule has 1 saturated carbocycles. The van der Waals surface area contributed by atoms with Crippen molar-refractivity contribution in [2.75, 3.05) is 13.1 Å². The predicted octanol–water partition coefficient (Wildman–Crippen LogP) is 3.05. The highest BCUT2D eigenvalue weighted by Crippen LogP contribution is 2.28. The van der Waals surface area contributed by atoms with Crippen LogP contribution in [0.15, 0.2) is 29.7 Å². The van der Waals surface area contributed by atoms with E-state index in [1.54, 1.807) is 0 Å². The number of hydrogen-bond donors (Lipinski definition) is 1. The Morgan fingerprint density at radius 2 is 2.12 bits per heavy atom. The molecule has 6 nitrogen and oxygen atoms in total. The number of aryl methyl sites for hydroxylation is 1. The molecule has 1 aliphatic carbocycles. The maximum atomic E-state index is 4.65. The summed E-state index contributed by atoms with van der Waals surface area (Å²) in [7, 11) is 0. The molecule has 0 amide bonds. The quantitative estimate of drug-likeness (QED) is 0.939. The Balaban J connectivity index is 1.55. The van der Waals surface area contributed by atoms with Crippen LogP contribution in [0.5, 0.6) is 0 Å². The first kappa shape index (κ1) is 15.1. The molecule has 0 bridgehead atoms. The first-order valence-electron chi connectivity index (χ1n) is 8.62. The Hall–Kier alpha value is -2.50. The van der Waals surface area contributed by atoms with Crippen LogP contribution in [-0.4, -0.2) is 44.4 Å². The van der Waals surface area contributed by atoms with Gasteiger partial charge in [-0.15, -0.1) is 0 Å². The van der Waals surface area contributed by atoms with E-state index in [0.29, 0.717) is 5.82 Å². The number of aromatic nitrogens is 4. The van der Waals surface area contributed by atoms with Gasteiger partial charge in [-0.2, -0.15) is 5.10 Å². The summed E-state index contributed by atoms with van der Waals surface area (Å²) in [5, 5.41) is 6.73. The number of aromatic amines is 1. The van der Waals surface area contributed by atoms with Crippen molar-refractivity contribution in [3.05, 3.63) is 35.9 Å². The number of H-pyrrole nitrogens is 1. The molecule has 0 spiro atoms. The lowest BCUT2D eigenvalue weighted by atomic mass is 10.1. The summed E-state index contributed by atoms with van der Waals surface area (Å²) in [5.74, 6) is 1.52. The van der Waals surface area contributed by atoms with E-state index in [4.69, 9.17) is 0 Å². The standard InChI is InChI=1S/C18H22N6/c1-13-15(6-7-16(22-13)18-20-12-21-23-18)17-11-24(9-8-19-17)10-14-4-2-3-5-14/h6-8,11-12,14H,2-5,9-10H2,1H3,(H,20,21,23). The second kappa shape index (κ2) is 6.55. The summed E-state index contributed by atoms with van der Waals surface area (Å²) < 4.78 is 0. The molecule has 1 N–H and O–H groups in total. The lowest BCUT2D eigenvalue weighted by Gasteiger charge is -2.26. The molecule has 1 aliphatic heterocycles. The minimum atomic E-state index is 0.689. The topological polar surface area (TPSA) is 70.1 Å². The number of nitrogens with zero attached hydrogens (tertiary/aromatic N) is 5. The van der Waals surface area contributed by atoms with Crippen LogP contribution in [-0.2, 0) is 0 Å². The highest BCUT2D eigenvalue weighted by molar-refractivity contribution is 5.78. The molecule has 3 heterocycles. The Morgan fingerprint density at radius 1 is 1.25 bits per heavy atom. The summed E-state index contributed by atoms with van der Waals surface area (Å²) >= 11 is 0. The van der Waals surface area contributed by atoms with Gasteiger partial charge in [0.2, 0.25) is 0 Å². The van der Waals surface area contributed by atoms with Crippen molar-refractivity contribution in [3.8, 4) is 11.5 Å². The predicted molar refractivity (Wildman–Crippen MR) is 94.4 cm³/mol. The van der Waals surface area contributed by atoms with Gasteiger partial charge in [0.1, 0.15) is 12.0 Å². The van der Waals surface area contributed by atoms with Crippen molar-refractivity contribution >= 4 is 11.9 Å². The van der Waals surface area contributed by atoms with Crippen molar-refractivity contribution in [3.63, 3.8) is 0 Å². The fraction of sp³-hybridized carbons (Fsp3) is 0.444. The molecular weight excluding hydrogens is 300 g/mol. The van der Waals surface area contributed by atoms with E-state index < -0.39 is 0 Å². The molecule has 6 heteroatoms. The molecule has 4 rings (SSSR count). The molecule has 0 aromatic carbocycles. The van der Waals surface area contributed by atoms with E-state index in [-0.39, 0.29) is 0 Å². The molecule has 0 unspecified atom stereocenters. The maximum absolute atomic E-state index is 4.65. The van der Waals surface area contributed by atoms with Crippen LogP contribution in [0.2, 0.25) is 0 Å². The third-order valence-corrected chi connectivity index (χ3v) is 4.84. The van der Waals surface area contributed by atoms with Crippen LogP contribution in [0.25, 0.3) is 17.2 Å². The van der Waals surface area contributed by atoms with Gasteiger partial charge in [-0.1, -0.05) is 12.8 Å². The SMILES string of the molecule is Cc1nc(-c2ncn[nH]2)ccc1C1=CN(CC2CCCC2)CC=N1. The Kier molecular flexibility index (Phi) is 4.11. The van der Waals surface area contributed by atoms with Gasteiger partial charge in [-0.25, -0.2) is 9.97 Å². The first-order chi connectivity index (χ1) is 11.8. The van der Waals surface area contributed by atoms with Crippen LogP contribution >= 0.6 is 0 Å². The van der Waals surface area contributed by atoms with Gasteiger partial charge in [0.15, 0.2) is 5.82 Å². The van der Waals surface area contributed by atoms with Crippen LogP contribution in [0.1, 0.15) is 36.9 Å². The number of nitrogens with one attached hydrogen (secondary N) is 1. The maximum Gasteiger partial charge on any atom is 0.174 e.